The predicted octanol–water partition coefficient (Wildman–Crippen LogP) is 4.20. The molecule has 0 fully saturated rings. The lowest BCUT2D eigenvalue weighted by molar-refractivity contribution is -0.136. The fourth-order valence-corrected chi connectivity index (χ4v) is 3.34. The highest BCUT2D eigenvalue weighted by atomic mass is 32.1. The molecular weight excluding hydrogens is 296 g/mol. The van der Waals surface area contributed by atoms with Crippen LogP contribution in [0.5, 0.6) is 0 Å². The van der Waals surface area contributed by atoms with E-state index in [4.69, 9.17) is 5.11 Å². The predicted molar refractivity (Wildman–Crippen MR) is 88.6 cm³/mol. The van der Waals surface area contributed by atoms with E-state index in [1.807, 2.05) is 16.0 Å². The molecule has 114 valence electrons. The molecule has 0 aliphatic heterocycles. The first-order valence-electron chi connectivity index (χ1n) is 7.36. The van der Waals surface area contributed by atoms with Gasteiger partial charge in [-0.3, -0.25) is 9.20 Å². The Labute approximate surface area is 133 Å². The Kier molecular flexibility index (Phi) is 3.98. The second kappa shape index (κ2) is 5.93. The van der Waals surface area contributed by atoms with Crippen LogP contribution < -0.4 is 0 Å². The number of carbonyl (C=O) groups is 1. The van der Waals surface area contributed by atoms with Crippen LogP contribution in [0, 0.1) is 0 Å². The minimum absolute atomic E-state index is 0.0166. The number of hydrogen-bond donors (Lipinski definition) is 1. The molecule has 1 N–H and O–H groups in total. The summed E-state index contributed by atoms with van der Waals surface area (Å²) in [6.45, 7) is 4.41. The smallest absolute Gasteiger partial charge is 0.309 e. The molecule has 0 bridgehead atoms. The molecule has 1 unspecified atom stereocenters. The second-order valence-corrected chi connectivity index (χ2v) is 6.34. The van der Waals surface area contributed by atoms with Gasteiger partial charge in [-0.1, -0.05) is 38.1 Å². The monoisotopic (exact) mass is 314 g/mol. The van der Waals surface area contributed by atoms with Gasteiger partial charge >= 0.3 is 5.97 Å². The Morgan fingerprint density at radius 3 is 2.73 bits per heavy atom. The van der Waals surface area contributed by atoms with E-state index in [2.05, 4.69) is 43.1 Å². The molecule has 22 heavy (non-hydrogen) atoms. The van der Waals surface area contributed by atoms with Crippen molar-refractivity contribution < 1.29 is 9.90 Å². The van der Waals surface area contributed by atoms with Gasteiger partial charge in [0.25, 0.3) is 0 Å². The molecule has 0 radical (unpaired) electrons. The summed E-state index contributed by atoms with van der Waals surface area (Å²) in [5, 5.41) is 10.8. The van der Waals surface area contributed by atoms with E-state index in [0.717, 1.165) is 28.3 Å². The summed E-state index contributed by atoms with van der Waals surface area (Å²) in [7, 11) is 0. The van der Waals surface area contributed by atoms with E-state index in [1.54, 1.807) is 0 Å². The van der Waals surface area contributed by atoms with Gasteiger partial charge in [-0.2, -0.15) is 0 Å². The van der Waals surface area contributed by atoms with Crippen LogP contribution in [0.4, 0.5) is 0 Å². The second-order valence-electron chi connectivity index (χ2n) is 5.51. The zero-order chi connectivity index (χ0) is 15.7. The number of aromatic nitrogens is 2. The minimum atomic E-state index is -0.826. The lowest BCUT2D eigenvalue weighted by Gasteiger charge is -2.08. The maximum absolute atomic E-state index is 10.9. The first kappa shape index (κ1) is 14.8. The molecule has 2 aromatic heterocycles. The van der Waals surface area contributed by atoms with Gasteiger partial charge in [-0.05, 0) is 17.9 Å². The number of benzene rings is 1. The molecule has 1 atom stereocenters. The average Bonchev–Trinajstić information content (AvgIpc) is 3.08. The van der Waals surface area contributed by atoms with E-state index < -0.39 is 5.97 Å². The van der Waals surface area contributed by atoms with Crippen molar-refractivity contribution in [2.75, 3.05) is 0 Å². The number of imidazole rings is 1. The van der Waals surface area contributed by atoms with Crippen LogP contribution in [0.2, 0.25) is 0 Å². The topological polar surface area (TPSA) is 54.6 Å². The van der Waals surface area contributed by atoms with Crippen LogP contribution in [-0.4, -0.2) is 20.5 Å². The Hall–Kier alpha value is -2.14. The summed E-state index contributed by atoms with van der Waals surface area (Å²) in [4.78, 5) is 16.3. The first-order chi connectivity index (χ1) is 10.6. The molecule has 1 aromatic carbocycles. The molecule has 3 rings (SSSR count). The highest BCUT2D eigenvalue weighted by Gasteiger charge is 2.12. The van der Waals surface area contributed by atoms with Crippen molar-refractivity contribution in [1.29, 1.82) is 0 Å². The Balaban J connectivity index is 1.93. The molecule has 5 heteroatoms. The van der Waals surface area contributed by atoms with Crippen molar-refractivity contribution in [3.8, 4) is 11.3 Å². The maximum atomic E-state index is 10.9. The average molecular weight is 314 g/mol. The first-order valence-corrected chi connectivity index (χ1v) is 8.24. The highest BCUT2D eigenvalue weighted by Crippen LogP contribution is 2.26. The fourth-order valence-electron chi connectivity index (χ4n) is 2.47. The minimum Gasteiger partial charge on any atom is -0.481 e. The number of rotatable bonds is 5. The molecule has 0 amide bonds. The number of carboxylic acids is 1. The summed E-state index contributed by atoms with van der Waals surface area (Å²) >= 11 is 1.47. The molecular formula is C17H18N2O2S. The normalized spacial score (nSPS) is 12.6. The largest absolute Gasteiger partial charge is 0.481 e. The van der Waals surface area contributed by atoms with E-state index in [-0.39, 0.29) is 6.42 Å². The zero-order valence-electron chi connectivity index (χ0n) is 12.6. The summed E-state index contributed by atoms with van der Waals surface area (Å²) in [6.07, 6.45) is 3.06. The van der Waals surface area contributed by atoms with Crippen molar-refractivity contribution in [2.45, 2.75) is 32.6 Å². The third kappa shape index (κ3) is 2.76. The van der Waals surface area contributed by atoms with E-state index in [9.17, 15) is 4.79 Å². The standard InChI is InChI=1S/C17H18N2O2S/c1-3-11(2)12-4-6-13(7-5-12)15-9-19-14(8-16(20)21)10-22-17(19)18-15/h4-7,9-11H,3,8H2,1-2H3,(H,20,21). The van der Waals surface area contributed by atoms with Gasteiger partial charge in [-0.25, -0.2) is 4.98 Å². The van der Waals surface area contributed by atoms with Gasteiger partial charge in [0.1, 0.15) is 0 Å². The van der Waals surface area contributed by atoms with Crippen LogP contribution in [0.25, 0.3) is 16.2 Å². The SMILES string of the molecule is CCC(C)c1ccc(-c2cn3c(CC(=O)O)csc3n2)cc1. The Morgan fingerprint density at radius 1 is 1.36 bits per heavy atom. The Morgan fingerprint density at radius 2 is 2.09 bits per heavy atom. The van der Waals surface area contributed by atoms with E-state index in [1.165, 1.54) is 16.9 Å². The highest BCUT2D eigenvalue weighted by molar-refractivity contribution is 7.15. The summed E-state index contributed by atoms with van der Waals surface area (Å²) < 4.78 is 1.87. The lowest BCUT2D eigenvalue weighted by atomic mass is 9.97. The Bertz CT molecular complexity index is 802. The summed E-state index contributed by atoms with van der Waals surface area (Å²) in [5.74, 6) is -0.269. The quantitative estimate of drug-likeness (QED) is 0.767. The molecule has 0 saturated heterocycles. The van der Waals surface area contributed by atoms with Crippen molar-refractivity contribution in [1.82, 2.24) is 9.38 Å². The number of fused-ring (bicyclic) bond motifs is 1. The molecule has 0 aliphatic carbocycles. The van der Waals surface area contributed by atoms with Crippen molar-refractivity contribution in [2.24, 2.45) is 0 Å². The molecule has 0 spiro atoms. The van der Waals surface area contributed by atoms with Gasteiger partial charge in [0.05, 0.1) is 12.1 Å². The van der Waals surface area contributed by atoms with Crippen LogP contribution in [0.1, 0.15) is 37.4 Å². The van der Waals surface area contributed by atoms with E-state index in [0.29, 0.717) is 5.92 Å². The van der Waals surface area contributed by atoms with Crippen molar-refractivity contribution in [3.05, 3.63) is 47.1 Å². The lowest BCUT2D eigenvalue weighted by Crippen LogP contribution is -2.02. The van der Waals surface area contributed by atoms with Crippen LogP contribution in [0.3, 0.4) is 0 Å². The fraction of sp³-hybridized carbons (Fsp3) is 0.294. The molecule has 2 heterocycles. The van der Waals surface area contributed by atoms with Gasteiger partial charge in [-0.15, -0.1) is 11.3 Å². The third-order valence-corrected chi connectivity index (χ3v) is 4.89. The van der Waals surface area contributed by atoms with Gasteiger partial charge < -0.3 is 5.11 Å². The van der Waals surface area contributed by atoms with Gasteiger partial charge in [0.15, 0.2) is 4.96 Å². The molecule has 0 saturated carbocycles. The van der Waals surface area contributed by atoms with Gasteiger partial charge in [0, 0.05) is 22.8 Å². The maximum Gasteiger partial charge on any atom is 0.309 e. The summed E-state index contributed by atoms with van der Waals surface area (Å²) in [6, 6.07) is 8.47. The third-order valence-electron chi connectivity index (χ3n) is 4.00. The van der Waals surface area contributed by atoms with E-state index >= 15 is 0 Å². The van der Waals surface area contributed by atoms with Crippen LogP contribution in [-0.2, 0) is 11.2 Å². The number of hydrogen-bond acceptors (Lipinski definition) is 3. The van der Waals surface area contributed by atoms with Crippen LogP contribution >= 0.6 is 11.3 Å². The number of aliphatic carboxylic acids is 1. The van der Waals surface area contributed by atoms with Crippen LogP contribution in [0.15, 0.2) is 35.8 Å². The number of thiazole rings is 1. The summed E-state index contributed by atoms with van der Waals surface area (Å²) in [5.41, 5.74) is 4.04. The molecule has 4 nitrogen and oxygen atoms in total. The number of nitrogens with zero attached hydrogens (tertiary/aromatic N) is 2. The van der Waals surface area contributed by atoms with Gasteiger partial charge in [0.2, 0.25) is 0 Å². The molecule has 3 aromatic rings. The zero-order valence-corrected chi connectivity index (χ0v) is 13.4. The molecule has 0 aliphatic rings. The van der Waals surface area contributed by atoms with Crippen molar-refractivity contribution >= 4 is 22.3 Å². The van der Waals surface area contributed by atoms with Crippen molar-refractivity contribution in [3.63, 3.8) is 0 Å². The number of carboxylic acid groups (broad SMARTS) is 1.